The highest BCUT2D eigenvalue weighted by Gasteiger charge is 2.21. The summed E-state index contributed by atoms with van der Waals surface area (Å²) >= 11 is 0. The molecule has 1 heteroatoms. The van der Waals surface area contributed by atoms with E-state index in [0.29, 0.717) is 0 Å². The van der Waals surface area contributed by atoms with E-state index in [9.17, 15) is 0 Å². The standard InChI is InChI=1S/C23H30.CN/c1-2-3-6-14-21-17-11-18-22(19-12-7-4-8-13-19)23(21)20-15-9-5-10-16-20;1-2/h4,7-8,11-13,17-18,20H,2-3,5-6,9-10,14-16H2,1H3;/q;-1. The first kappa shape index (κ1) is 19.3. The van der Waals surface area contributed by atoms with Crippen LogP contribution in [0.4, 0.5) is 0 Å². The molecule has 0 amide bonds. The molecule has 0 spiro atoms. The molecule has 0 unspecified atom stereocenters. The summed E-state index contributed by atoms with van der Waals surface area (Å²) in [6, 6.07) is 18.0. The minimum Gasteiger partial charge on any atom is -0.512 e. The van der Waals surface area contributed by atoms with Crippen molar-refractivity contribution in [1.29, 1.82) is 5.26 Å². The van der Waals surface area contributed by atoms with Gasteiger partial charge < -0.3 is 11.8 Å². The Labute approximate surface area is 153 Å². The molecule has 132 valence electrons. The fourth-order valence-electron chi connectivity index (χ4n) is 4.14. The van der Waals surface area contributed by atoms with E-state index in [2.05, 4.69) is 55.5 Å². The van der Waals surface area contributed by atoms with E-state index >= 15 is 0 Å². The van der Waals surface area contributed by atoms with Crippen molar-refractivity contribution in [2.75, 3.05) is 0 Å². The molecule has 1 fully saturated rings. The third-order valence-electron chi connectivity index (χ3n) is 5.34. The molecule has 0 heterocycles. The summed E-state index contributed by atoms with van der Waals surface area (Å²) < 4.78 is 0. The molecule has 0 radical (unpaired) electrons. The number of benzene rings is 2. The zero-order chi connectivity index (χ0) is 17.9. The van der Waals surface area contributed by atoms with Crippen molar-refractivity contribution in [2.24, 2.45) is 0 Å². The van der Waals surface area contributed by atoms with Crippen LogP contribution in [0.25, 0.3) is 11.1 Å². The Morgan fingerprint density at radius 1 is 0.880 bits per heavy atom. The number of hydrogen-bond donors (Lipinski definition) is 0. The van der Waals surface area contributed by atoms with Crippen LogP contribution in [0.1, 0.15) is 75.3 Å². The van der Waals surface area contributed by atoms with Gasteiger partial charge in [0.2, 0.25) is 0 Å². The van der Waals surface area contributed by atoms with Gasteiger partial charge in [-0.15, -0.1) is 0 Å². The van der Waals surface area contributed by atoms with Crippen LogP contribution in [-0.2, 0) is 6.42 Å². The predicted octanol–water partition coefficient (Wildman–Crippen LogP) is 7.23. The highest BCUT2D eigenvalue weighted by molar-refractivity contribution is 5.69. The number of hydrogen-bond acceptors (Lipinski definition) is 1. The summed E-state index contributed by atoms with van der Waals surface area (Å²) in [5, 5.41) is 6.25. The Morgan fingerprint density at radius 2 is 1.60 bits per heavy atom. The largest absolute Gasteiger partial charge is 0.512 e. The first-order chi connectivity index (χ1) is 12.4. The van der Waals surface area contributed by atoms with E-state index in [-0.39, 0.29) is 0 Å². The topological polar surface area (TPSA) is 23.8 Å². The second kappa shape index (κ2) is 10.7. The first-order valence-electron chi connectivity index (χ1n) is 9.79. The summed E-state index contributed by atoms with van der Waals surface area (Å²) in [7, 11) is 0. The highest BCUT2D eigenvalue weighted by Crippen LogP contribution is 2.40. The van der Waals surface area contributed by atoms with E-state index in [1.807, 2.05) is 0 Å². The Bertz CT molecular complexity index is 636. The van der Waals surface area contributed by atoms with Gasteiger partial charge in [0, 0.05) is 0 Å². The maximum absolute atomic E-state index is 6.25. The van der Waals surface area contributed by atoms with Crippen LogP contribution in [0.15, 0.2) is 48.5 Å². The Kier molecular flexibility index (Phi) is 8.26. The summed E-state index contributed by atoms with van der Waals surface area (Å²) in [5.74, 6) is 0.775. The number of aryl methyl sites for hydroxylation is 1. The maximum Gasteiger partial charge on any atom is -0.0146 e. The van der Waals surface area contributed by atoms with Crippen molar-refractivity contribution in [2.45, 2.75) is 70.6 Å². The molecule has 0 bridgehead atoms. The van der Waals surface area contributed by atoms with Gasteiger partial charge in [0.15, 0.2) is 0 Å². The molecular weight excluding hydrogens is 302 g/mol. The van der Waals surface area contributed by atoms with Crippen LogP contribution in [0.2, 0.25) is 0 Å². The molecule has 0 aromatic heterocycles. The van der Waals surface area contributed by atoms with Crippen molar-refractivity contribution in [1.82, 2.24) is 0 Å². The van der Waals surface area contributed by atoms with Crippen molar-refractivity contribution in [3.05, 3.63) is 66.2 Å². The van der Waals surface area contributed by atoms with Gasteiger partial charge in [-0.2, -0.15) is 0 Å². The van der Waals surface area contributed by atoms with Gasteiger partial charge >= 0.3 is 0 Å². The summed E-state index contributed by atoms with van der Waals surface area (Å²) in [6.45, 7) is 7.04. The van der Waals surface area contributed by atoms with Gasteiger partial charge in [-0.25, -0.2) is 0 Å². The average Bonchev–Trinajstić information content (AvgIpc) is 2.71. The third-order valence-corrected chi connectivity index (χ3v) is 5.34. The normalized spacial score (nSPS) is 14.5. The summed E-state index contributed by atoms with van der Waals surface area (Å²) in [5.41, 5.74) is 6.18. The van der Waals surface area contributed by atoms with Crippen molar-refractivity contribution in [3.8, 4) is 11.1 Å². The van der Waals surface area contributed by atoms with Gasteiger partial charge in [0.1, 0.15) is 0 Å². The average molecular weight is 333 g/mol. The third kappa shape index (κ3) is 5.20. The molecule has 0 atom stereocenters. The maximum atomic E-state index is 6.25. The van der Waals surface area contributed by atoms with Gasteiger partial charge in [0.05, 0.1) is 0 Å². The van der Waals surface area contributed by atoms with Crippen molar-refractivity contribution in [3.63, 3.8) is 0 Å². The molecule has 0 N–H and O–H groups in total. The lowest BCUT2D eigenvalue weighted by atomic mass is 9.78. The Hall–Kier alpha value is -2.07. The van der Waals surface area contributed by atoms with Crippen LogP contribution < -0.4 is 0 Å². The second-order valence-electron chi connectivity index (χ2n) is 7.04. The van der Waals surface area contributed by atoms with E-state index in [0.717, 1.165) is 5.92 Å². The smallest absolute Gasteiger partial charge is 0.0146 e. The van der Waals surface area contributed by atoms with E-state index in [1.165, 1.54) is 68.9 Å². The molecule has 25 heavy (non-hydrogen) atoms. The molecular formula is C24H30N-. The summed E-state index contributed by atoms with van der Waals surface area (Å²) in [4.78, 5) is 0. The molecule has 0 aliphatic heterocycles. The second-order valence-corrected chi connectivity index (χ2v) is 7.04. The van der Waals surface area contributed by atoms with E-state index < -0.39 is 0 Å². The van der Waals surface area contributed by atoms with Gasteiger partial charge in [-0.3, -0.25) is 0 Å². The predicted molar refractivity (Wildman–Crippen MR) is 106 cm³/mol. The molecule has 2 aromatic carbocycles. The van der Waals surface area contributed by atoms with Crippen LogP contribution in [-0.4, -0.2) is 0 Å². The van der Waals surface area contributed by atoms with Crippen LogP contribution in [0, 0.1) is 11.8 Å². The van der Waals surface area contributed by atoms with E-state index in [1.54, 1.807) is 11.1 Å². The lowest BCUT2D eigenvalue weighted by molar-refractivity contribution is 0.442. The monoisotopic (exact) mass is 332 g/mol. The van der Waals surface area contributed by atoms with Crippen LogP contribution in [0.3, 0.4) is 0 Å². The Morgan fingerprint density at radius 3 is 2.28 bits per heavy atom. The van der Waals surface area contributed by atoms with Crippen molar-refractivity contribution >= 4 is 0 Å². The molecule has 3 rings (SSSR count). The molecule has 1 nitrogen and oxygen atoms in total. The van der Waals surface area contributed by atoms with Crippen molar-refractivity contribution < 1.29 is 0 Å². The van der Waals surface area contributed by atoms with Gasteiger partial charge in [0.25, 0.3) is 0 Å². The highest BCUT2D eigenvalue weighted by atomic mass is 14.3. The zero-order valence-corrected chi connectivity index (χ0v) is 15.5. The molecule has 1 saturated carbocycles. The number of unbranched alkanes of at least 4 members (excludes halogenated alkanes) is 2. The Balaban J connectivity index is 0.00000109. The lowest BCUT2D eigenvalue weighted by Gasteiger charge is -2.27. The zero-order valence-electron chi connectivity index (χ0n) is 15.5. The van der Waals surface area contributed by atoms with E-state index in [4.69, 9.17) is 11.8 Å². The first-order valence-corrected chi connectivity index (χ1v) is 9.79. The molecule has 0 saturated heterocycles. The quantitative estimate of drug-likeness (QED) is 0.404. The SMILES string of the molecule is CCCCCc1cccc(-c2ccccc2)c1C1CCCCC1.[C-]#N. The van der Waals surface area contributed by atoms with Gasteiger partial charge in [-0.05, 0) is 53.9 Å². The minimum absolute atomic E-state index is 0.775. The van der Waals surface area contributed by atoms with Gasteiger partial charge in [-0.1, -0.05) is 87.6 Å². The molecule has 1 aliphatic carbocycles. The minimum atomic E-state index is 0.775. The molecule has 2 aromatic rings. The lowest BCUT2D eigenvalue weighted by Crippen LogP contribution is -2.09. The summed E-state index contributed by atoms with van der Waals surface area (Å²) in [6.07, 6.45) is 12.2. The van der Waals surface area contributed by atoms with Crippen LogP contribution in [0.5, 0.6) is 0 Å². The van der Waals surface area contributed by atoms with Crippen LogP contribution >= 0.6 is 0 Å². The fraction of sp³-hybridized carbons (Fsp3) is 0.458. The number of nitrogens with zero attached hydrogens (tertiary/aromatic N) is 1. The fourth-order valence-corrected chi connectivity index (χ4v) is 4.14. The molecule has 1 aliphatic rings. The number of rotatable bonds is 6.